The van der Waals surface area contributed by atoms with E-state index in [1.54, 1.807) is 6.20 Å². The minimum atomic E-state index is -1.38. The van der Waals surface area contributed by atoms with Crippen LogP contribution in [-0.2, 0) is 14.4 Å². The second-order valence-corrected chi connectivity index (χ2v) is 11.2. The van der Waals surface area contributed by atoms with Gasteiger partial charge in [-0.3, -0.25) is 4.48 Å². The zero-order valence-corrected chi connectivity index (χ0v) is 25.5. The maximum Gasteiger partial charge on any atom is 0.363 e. The first-order valence-corrected chi connectivity index (χ1v) is 16.0. The summed E-state index contributed by atoms with van der Waals surface area (Å²) in [6.07, 6.45) is 22.4. The molecule has 0 saturated carbocycles. The molecule has 228 valence electrons. The van der Waals surface area contributed by atoms with E-state index in [4.69, 9.17) is 0 Å². The summed E-state index contributed by atoms with van der Waals surface area (Å²) in [5, 5.41) is 32.8. The van der Waals surface area contributed by atoms with E-state index in [0.717, 1.165) is 19.3 Å². The predicted molar refractivity (Wildman–Crippen MR) is 156 cm³/mol. The molecule has 0 aromatic rings. The van der Waals surface area contributed by atoms with Gasteiger partial charge in [0.2, 0.25) is 0 Å². The van der Waals surface area contributed by atoms with E-state index in [9.17, 15) is 29.7 Å². The highest BCUT2D eigenvalue weighted by atomic mass is 16.4. The Morgan fingerprint density at radius 1 is 0.590 bits per heavy atom. The largest absolute Gasteiger partial charge is 0.544 e. The summed E-state index contributed by atoms with van der Waals surface area (Å²) in [5.74, 6) is -3.70. The number of carbonyl (C=O) groups is 3. The van der Waals surface area contributed by atoms with Crippen molar-refractivity contribution in [2.24, 2.45) is 0 Å². The van der Waals surface area contributed by atoms with Gasteiger partial charge in [0.25, 0.3) is 0 Å². The second kappa shape index (κ2) is 22.9. The molecule has 2 N–H and O–H groups in total. The SMILES string of the molecule is CCCCCCCCCCCCCCC/C=C/[N+](C(CCC)C(=O)[O-])(C(CCC)C(=O)O)C(CCC)C(=O)O. The van der Waals surface area contributed by atoms with Gasteiger partial charge in [0.15, 0.2) is 12.1 Å². The van der Waals surface area contributed by atoms with E-state index in [0.29, 0.717) is 25.7 Å². The van der Waals surface area contributed by atoms with Gasteiger partial charge in [-0.05, 0) is 31.8 Å². The molecule has 0 heterocycles. The number of rotatable bonds is 27. The Morgan fingerprint density at radius 3 is 1.28 bits per heavy atom. The van der Waals surface area contributed by atoms with E-state index in [1.807, 2.05) is 26.8 Å². The van der Waals surface area contributed by atoms with Gasteiger partial charge < -0.3 is 20.1 Å². The number of unbranched alkanes of at least 4 members (excludes halogenated alkanes) is 13. The molecule has 3 atom stereocenters. The number of nitrogens with zero attached hydrogens (tertiary/aromatic N) is 1. The van der Waals surface area contributed by atoms with Gasteiger partial charge in [0, 0.05) is 19.3 Å². The minimum Gasteiger partial charge on any atom is -0.544 e. The highest BCUT2D eigenvalue weighted by Crippen LogP contribution is 2.34. The molecule has 0 rings (SSSR count). The summed E-state index contributed by atoms with van der Waals surface area (Å²) >= 11 is 0. The molecule has 7 heteroatoms. The lowest BCUT2D eigenvalue weighted by atomic mass is 9.93. The first-order chi connectivity index (χ1) is 18.7. The fraction of sp³-hybridized carbons (Fsp3) is 0.844. The number of quaternary nitrogens is 1. The monoisotopic (exact) mass is 553 g/mol. The van der Waals surface area contributed by atoms with Crippen molar-refractivity contribution >= 4 is 17.9 Å². The molecule has 3 unspecified atom stereocenters. The molecule has 0 fully saturated rings. The maximum atomic E-state index is 12.5. The standard InChI is InChI=1S/C32H59NO6/c1-5-9-10-11-12-13-14-15-16-17-18-19-20-21-22-26-33(27(23-6-2)30(34)35,28(24-7-3)31(36)37)29(25-8-4)32(38)39/h22,26-29H,5-21,23-25H2,1-4H3,(H2-,34,35,36,37,38,39)/b26-22+. The topological polar surface area (TPSA) is 115 Å². The van der Waals surface area contributed by atoms with Gasteiger partial charge in [-0.15, -0.1) is 0 Å². The molecule has 39 heavy (non-hydrogen) atoms. The van der Waals surface area contributed by atoms with Gasteiger partial charge in [0.1, 0.15) is 6.04 Å². The van der Waals surface area contributed by atoms with Crippen LogP contribution in [0.25, 0.3) is 0 Å². The molecule has 0 aromatic carbocycles. The lowest BCUT2D eigenvalue weighted by Gasteiger charge is -2.49. The molecule has 0 aliphatic carbocycles. The van der Waals surface area contributed by atoms with Crippen LogP contribution < -0.4 is 5.11 Å². The molecule has 0 amide bonds. The number of hydrogen-bond acceptors (Lipinski definition) is 4. The van der Waals surface area contributed by atoms with Gasteiger partial charge >= 0.3 is 11.9 Å². The second-order valence-electron chi connectivity index (χ2n) is 11.2. The molecule has 7 nitrogen and oxygen atoms in total. The smallest absolute Gasteiger partial charge is 0.363 e. The average molecular weight is 554 g/mol. The van der Waals surface area contributed by atoms with Crippen LogP contribution in [0.1, 0.15) is 156 Å². The Bertz CT molecular complexity index is 632. The zero-order chi connectivity index (χ0) is 29.5. The molecule has 0 aliphatic rings. The number of aliphatic carboxylic acids is 3. The first kappa shape index (κ1) is 37.1. The van der Waals surface area contributed by atoms with Crippen molar-refractivity contribution < 1.29 is 34.2 Å². The van der Waals surface area contributed by atoms with Crippen LogP contribution in [0, 0.1) is 0 Å². The van der Waals surface area contributed by atoms with E-state index in [-0.39, 0.29) is 19.3 Å². The van der Waals surface area contributed by atoms with Crippen LogP contribution >= 0.6 is 0 Å². The fourth-order valence-electron chi connectivity index (χ4n) is 5.92. The zero-order valence-electron chi connectivity index (χ0n) is 25.5. The lowest BCUT2D eigenvalue weighted by molar-refractivity contribution is -0.930. The van der Waals surface area contributed by atoms with Crippen molar-refractivity contribution in [3.63, 3.8) is 0 Å². The van der Waals surface area contributed by atoms with Gasteiger partial charge in [-0.25, -0.2) is 9.59 Å². The Kier molecular flexibility index (Phi) is 21.8. The van der Waals surface area contributed by atoms with Crippen LogP contribution in [0.15, 0.2) is 12.3 Å². The number of carbonyl (C=O) groups excluding carboxylic acids is 1. The van der Waals surface area contributed by atoms with Crippen molar-refractivity contribution in [3.8, 4) is 0 Å². The summed E-state index contributed by atoms with van der Waals surface area (Å²) in [6, 6.07) is -3.57. The summed E-state index contributed by atoms with van der Waals surface area (Å²) < 4.78 is -0.610. The molecule has 0 radical (unpaired) electrons. The van der Waals surface area contributed by atoms with E-state index >= 15 is 0 Å². The van der Waals surface area contributed by atoms with Gasteiger partial charge in [-0.2, -0.15) is 0 Å². The Morgan fingerprint density at radius 2 is 0.949 bits per heavy atom. The van der Waals surface area contributed by atoms with Crippen molar-refractivity contribution in [1.82, 2.24) is 0 Å². The number of hydrogen-bond donors (Lipinski definition) is 2. The third-order valence-corrected chi connectivity index (χ3v) is 7.99. The lowest BCUT2D eigenvalue weighted by Crippen LogP contribution is -2.71. The highest BCUT2D eigenvalue weighted by Gasteiger charge is 2.54. The highest BCUT2D eigenvalue weighted by molar-refractivity contribution is 5.77. The molecule has 0 saturated heterocycles. The van der Waals surface area contributed by atoms with Crippen LogP contribution in [-0.4, -0.2) is 50.7 Å². The van der Waals surface area contributed by atoms with Gasteiger partial charge in [-0.1, -0.05) is 111 Å². The van der Waals surface area contributed by atoms with Crippen LogP contribution in [0.2, 0.25) is 0 Å². The quantitative estimate of drug-likeness (QED) is 0.0819. The van der Waals surface area contributed by atoms with Crippen molar-refractivity contribution in [3.05, 3.63) is 12.3 Å². The Hall–Kier alpha value is -1.89. The van der Waals surface area contributed by atoms with Crippen molar-refractivity contribution in [2.75, 3.05) is 0 Å². The van der Waals surface area contributed by atoms with Crippen molar-refractivity contribution in [2.45, 2.75) is 174 Å². The summed E-state index contributed by atoms with van der Waals surface area (Å²) in [4.78, 5) is 37.4. The van der Waals surface area contributed by atoms with Gasteiger partial charge in [0.05, 0.1) is 12.2 Å². The molecule has 0 spiro atoms. The number of carboxylic acids is 3. The average Bonchev–Trinajstić information content (AvgIpc) is 2.89. The van der Waals surface area contributed by atoms with E-state index in [1.165, 1.54) is 64.2 Å². The van der Waals surface area contributed by atoms with Crippen LogP contribution in [0.5, 0.6) is 0 Å². The molecule has 0 aliphatic heterocycles. The Labute approximate surface area is 238 Å². The number of allylic oxidation sites excluding steroid dienone is 1. The summed E-state index contributed by atoms with van der Waals surface area (Å²) in [5.41, 5.74) is 0. The summed E-state index contributed by atoms with van der Waals surface area (Å²) in [6.45, 7) is 7.75. The normalized spacial score (nSPS) is 15.6. The minimum absolute atomic E-state index is 0.159. The van der Waals surface area contributed by atoms with Crippen LogP contribution in [0.3, 0.4) is 0 Å². The fourth-order valence-corrected chi connectivity index (χ4v) is 5.92. The Balaban J connectivity index is 5.33. The molecular weight excluding hydrogens is 494 g/mol. The first-order valence-electron chi connectivity index (χ1n) is 16.0. The molecule has 0 aromatic heterocycles. The predicted octanol–water partition coefficient (Wildman–Crippen LogP) is 7.22. The molecular formula is C32H59NO6. The number of carboxylic acid groups (broad SMARTS) is 3. The molecule has 0 bridgehead atoms. The third-order valence-electron chi connectivity index (χ3n) is 7.99. The third kappa shape index (κ3) is 13.8. The van der Waals surface area contributed by atoms with E-state index < -0.39 is 40.5 Å². The van der Waals surface area contributed by atoms with Crippen LogP contribution in [0.4, 0.5) is 0 Å². The van der Waals surface area contributed by atoms with E-state index in [2.05, 4.69) is 6.92 Å². The summed E-state index contributed by atoms with van der Waals surface area (Å²) in [7, 11) is 0. The van der Waals surface area contributed by atoms with Crippen molar-refractivity contribution in [1.29, 1.82) is 0 Å². The maximum absolute atomic E-state index is 12.5.